The summed E-state index contributed by atoms with van der Waals surface area (Å²) in [6.07, 6.45) is 3.21. The molecule has 1 atom stereocenters. The Kier molecular flexibility index (Phi) is 6.44. The van der Waals surface area contributed by atoms with Crippen molar-refractivity contribution in [2.75, 3.05) is 13.2 Å². The maximum Gasteiger partial charge on any atom is 0.407 e. The summed E-state index contributed by atoms with van der Waals surface area (Å²) in [6, 6.07) is 5.54. The van der Waals surface area contributed by atoms with Crippen molar-refractivity contribution in [1.82, 2.24) is 14.9 Å². The van der Waals surface area contributed by atoms with Gasteiger partial charge >= 0.3 is 6.09 Å². The van der Waals surface area contributed by atoms with E-state index in [9.17, 15) is 13.6 Å². The number of aromatic nitrogens is 2. The number of halogens is 2. The number of nitrogens with zero attached hydrogens (tertiary/aromatic N) is 3. The lowest BCUT2D eigenvalue weighted by molar-refractivity contribution is 0.122. The average molecular weight is 353 g/mol. The largest absolute Gasteiger partial charge is 0.504 e. The van der Waals surface area contributed by atoms with Crippen LogP contribution in [-0.4, -0.2) is 50.4 Å². The molecule has 3 rings (SSSR count). The maximum atomic E-state index is 13.2. The number of carbonyl (C=O) groups is 1. The fourth-order valence-corrected chi connectivity index (χ4v) is 2.30. The predicted octanol–water partition coefficient (Wildman–Crippen LogP) is 2.67. The lowest BCUT2D eigenvalue weighted by Gasteiger charge is -2.21. The van der Waals surface area contributed by atoms with E-state index in [1.165, 1.54) is 35.5 Å². The first-order valence-electron chi connectivity index (χ1n) is 7.51. The summed E-state index contributed by atoms with van der Waals surface area (Å²) < 4.78 is 30.4. The summed E-state index contributed by atoms with van der Waals surface area (Å²) in [6.45, 7) is 0.674. The molecule has 0 aromatic carbocycles. The monoisotopic (exact) mass is 353 g/mol. The molecule has 0 unspecified atom stereocenters. The Morgan fingerprint density at radius 2 is 1.92 bits per heavy atom. The molecule has 25 heavy (non-hydrogen) atoms. The van der Waals surface area contributed by atoms with E-state index >= 15 is 0 Å². The molecular weight excluding hydrogens is 336 g/mol. The number of pyridine rings is 2. The maximum absolute atomic E-state index is 13.2. The number of aromatic hydroxyl groups is 1. The van der Waals surface area contributed by atoms with Crippen LogP contribution in [0, 0.1) is 11.9 Å². The molecule has 2 N–H and O–H groups in total. The highest BCUT2D eigenvalue weighted by Crippen LogP contribution is 2.20. The van der Waals surface area contributed by atoms with E-state index in [-0.39, 0.29) is 18.4 Å². The van der Waals surface area contributed by atoms with Crippen LogP contribution in [0.2, 0.25) is 0 Å². The van der Waals surface area contributed by atoms with Crippen molar-refractivity contribution in [3.05, 3.63) is 48.6 Å². The van der Waals surface area contributed by atoms with Gasteiger partial charge in [-0.15, -0.1) is 0 Å². The van der Waals surface area contributed by atoms with Crippen molar-refractivity contribution in [2.45, 2.75) is 18.9 Å². The Morgan fingerprint density at radius 1 is 1.24 bits per heavy atom. The number of hydrogen-bond acceptors (Lipinski definition) is 5. The first kappa shape index (κ1) is 18.4. The first-order valence-corrected chi connectivity index (χ1v) is 7.51. The first-order chi connectivity index (χ1) is 12.0. The van der Waals surface area contributed by atoms with Crippen molar-refractivity contribution in [3.8, 4) is 11.5 Å². The highest BCUT2D eigenvalue weighted by molar-refractivity contribution is 5.65. The third kappa shape index (κ3) is 5.27. The molecule has 7 nitrogen and oxygen atoms in total. The van der Waals surface area contributed by atoms with Gasteiger partial charge in [0.1, 0.15) is 6.61 Å². The smallest absolute Gasteiger partial charge is 0.407 e. The van der Waals surface area contributed by atoms with Crippen molar-refractivity contribution in [3.63, 3.8) is 0 Å². The summed E-state index contributed by atoms with van der Waals surface area (Å²) in [5.41, 5.74) is 0. The van der Waals surface area contributed by atoms with Gasteiger partial charge in [-0.25, -0.2) is 14.8 Å². The van der Waals surface area contributed by atoms with Gasteiger partial charge in [0.25, 0.3) is 11.9 Å². The number of ether oxygens (including phenoxy) is 1. The molecular formula is C16H17F2N3O4. The van der Waals surface area contributed by atoms with Crippen LogP contribution in [-0.2, 0) is 0 Å². The van der Waals surface area contributed by atoms with Crippen molar-refractivity contribution in [1.29, 1.82) is 0 Å². The van der Waals surface area contributed by atoms with Gasteiger partial charge in [0.05, 0.1) is 6.04 Å². The zero-order valence-electron chi connectivity index (χ0n) is 13.2. The second-order valence-corrected chi connectivity index (χ2v) is 5.19. The van der Waals surface area contributed by atoms with E-state index in [1.807, 2.05) is 0 Å². The number of rotatable bonds is 3. The van der Waals surface area contributed by atoms with E-state index in [1.54, 1.807) is 6.07 Å². The highest BCUT2D eigenvalue weighted by Gasteiger charge is 2.29. The van der Waals surface area contributed by atoms with E-state index in [0.717, 1.165) is 12.8 Å². The molecule has 1 saturated heterocycles. The van der Waals surface area contributed by atoms with Crippen molar-refractivity contribution < 1.29 is 28.5 Å². The number of likely N-dealkylation sites (tertiary alicyclic amines) is 1. The van der Waals surface area contributed by atoms with Crippen LogP contribution in [0.1, 0.15) is 12.8 Å². The van der Waals surface area contributed by atoms with Gasteiger partial charge in [-0.05, 0) is 37.1 Å². The van der Waals surface area contributed by atoms with Gasteiger partial charge in [-0.2, -0.15) is 8.78 Å². The number of amides is 1. The van der Waals surface area contributed by atoms with Crippen molar-refractivity contribution >= 4 is 6.09 Å². The molecule has 0 bridgehead atoms. The highest BCUT2D eigenvalue weighted by atomic mass is 19.1. The van der Waals surface area contributed by atoms with E-state index in [0.29, 0.717) is 6.54 Å². The zero-order chi connectivity index (χ0) is 18.2. The van der Waals surface area contributed by atoms with Gasteiger partial charge < -0.3 is 19.8 Å². The zero-order valence-corrected chi connectivity index (χ0v) is 13.2. The van der Waals surface area contributed by atoms with Crippen LogP contribution in [0.15, 0.2) is 36.7 Å². The Balaban J connectivity index is 0.000000236. The number of hydrogen-bond donors (Lipinski definition) is 2. The quantitative estimate of drug-likeness (QED) is 0.824. The van der Waals surface area contributed by atoms with Crippen LogP contribution in [0.25, 0.3) is 0 Å². The minimum Gasteiger partial charge on any atom is -0.504 e. The second kappa shape index (κ2) is 8.76. The standard InChI is InChI=1S/C11H13FN2O3.C5H4FNO/c12-10-9(4-1-5-13-10)17-7-8-3-2-6-14(8)11(15)16;6-5-4(8)2-1-3-7-5/h1,4-5,8H,2-3,6-7H2,(H,15,16);1-3,8H/t8-;/m0./s1. The molecule has 3 heterocycles. The summed E-state index contributed by atoms with van der Waals surface area (Å²) in [4.78, 5) is 18.8. The molecule has 1 aliphatic heterocycles. The Hall–Kier alpha value is -2.97. The summed E-state index contributed by atoms with van der Waals surface area (Å²) in [7, 11) is 0. The molecule has 0 radical (unpaired) electrons. The van der Waals surface area contributed by atoms with E-state index in [2.05, 4.69) is 9.97 Å². The molecule has 1 amide bonds. The molecule has 2 aromatic heterocycles. The predicted molar refractivity (Wildman–Crippen MR) is 83.3 cm³/mol. The molecule has 1 aliphatic rings. The second-order valence-electron chi connectivity index (χ2n) is 5.19. The SMILES string of the molecule is O=C(O)N1CCC[C@H]1COc1cccnc1F.Oc1cccnc1F. The van der Waals surface area contributed by atoms with Crippen LogP contribution in [0.3, 0.4) is 0 Å². The third-order valence-corrected chi connectivity index (χ3v) is 3.52. The van der Waals surface area contributed by atoms with Crippen LogP contribution < -0.4 is 4.74 Å². The molecule has 0 spiro atoms. The van der Waals surface area contributed by atoms with Gasteiger partial charge in [-0.3, -0.25) is 0 Å². The minimum absolute atomic E-state index is 0.0599. The third-order valence-electron chi connectivity index (χ3n) is 3.52. The normalized spacial score (nSPS) is 16.1. The van der Waals surface area contributed by atoms with Gasteiger partial charge in [0.2, 0.25) is 0 Å². The Bertz CT molecular complexity index is 696. The van der Waals surface area contributed by atoms with E-state index in [4.69, 9.17) is 14.9 Å². The fourth-order valence-electron chi connectivity index (χ4n) is 2.30. The lowest BCUT2D eigenvalue weighted by atomic mass is 10.2. The lowest BCUT2D eigenvalue weighted by Crippen LogP contribution is -2.38. The summed E-state index contributed by atoms with van der Waals surface area (Å²) in [5.74, 6) is -1.85. The molecule has 0 saturated carbocycles. The van der Waals surface area contributed by atoms with Crippen LogP contribution in [0.4, 0.5) is 13.6 Å². The topological polar surface area (TPSA) is 95.8 Å². The molecule has 134 valence electrons. The van der Waals surface area contributed by atoms with Crippen LogP contribution in [0.5, 0.6) is 11.5 Å². The summed E-state index contributed by atoms with van der Waals surface area (Å²) in [5, 5.41) is 17.4. The van der Waals surface area contributed by atoms with Gasteiger partial charge in [0.15, 0.2) is 11.5 Å². The molecule has 9 heteroatoms. The molecule has 0 aliphatic carbocycles. The van der Waals surface area contributed by atoms with Crippen molar-refractivity contribution in [2.24, 2.45) is 0 Å². The van der Waals surface area contributed by atoms with E-state index < -0.39 is 23.7 Å². The number of carboxylic acid groups (broad SMARTS) is 1. The van der Waals surface area contributed by atoms with Gasteiger partial charge in [-0.1, -0.05) is 0 Å². The Labute approximate surface area is 142 Å². The minimum atomic E-state index is -0.956. The fraction of sp³-hybridized carbons (Fsp3) is 0.312. The van der Waals surface area contributed by atoms with Gasteiger partial charge in [0, 0.05) is 18.9 Å². The average Bonchev–Trinajstić information content (AvgIpc) is 3.06. The molecule has 1 fully saturated rings. The summed E-state index contributed by atoms with van der Waals surface area (Å²) >= 11 is 0. The molecule has 2 aromatic rings. The van der Waals surface area contributed by atoms with Crippen LogP contribution >= 0.6 is 0 Å². The Morgan fingerprint density at radius 3 is 2.48 bits per heavy atom.